The van der Waals surface area contributed by atoms with Gasteiger partial charge in [0.25, 0.3) is 0 Å². The monoisotopic (exact) mass is 310 g/mol. The Morgan fingerprint density at radius 3 is 2.87 bits per heavy atom. The predicted octanol–water partition coefficient (Wildman–Crippen LogP) is 1.32. The van der Waals surface area contributed by atoms with E-state index in [4.69, 9.17) is 10.3 Å². The van der Waals surface area contributed by atoms with Crippen molar-refractivity contribution < 1.29 is 4.52 Å². The molecule has 1 saturated heterocycles. The lowest BCUT2D eigenvalue weighted by Crippen LogP contribution is -2.31. The van der Waals surface area contributed by atoms with Gasteiger partial charge in [-0.25, -0.2) is 4.68 Å². The number of nitrogens with two attached hydrogens (primary N) is 1. The maximum absolute atomic E-state index is 6.23. The van der Waals surface area contributed by atoms with Crippen molar-refractivity contribution in [1.29, 1.82) is 0 Å². The molecule has 1 fully saturated rings. The molecule has 3 heterocycles. The van der Waals surface area contributed by atoms with Crippen LogP contribution in [0.4, 0.5) is 0 Å². The Balaban J connectivity index is 1.44. The third-order valence-corrected chi connectivity index (χ3v) is 4.20. The number of benzene rings is 1. The molecule has 2 aromatic heterocycles. The lowest BCUT2D eigenvalue weighted by molar-refractivity contribution is 0.263. The van der Waals surface area contributed by atoms with Gasteiger partial charge in [-0.1, -0.05) is 40.7 Å². The topological polar surface area (TPSA) is 86.0 Å². The van der Waals surface area contributed by atoms with Crippen molar-refractivity contribution in [2.45, 2.75) is 18.6 Å². The Hall–Kier alpha value is -2.51. The Labute approximate surface area is 133 Å². The first-order chi connectivity index (χ1) is 11.3. The highest BCUT2D eigenvalue weighted by molar-refractivity contribution is 5.58. The van der Waals surface area contributed by atoms with E-state index in [2.05, 4.69) is 20.4 Å². The summed E-state index contributed by atoms with van der Waals surface area (Å²) in [5, 5.41) is 12.1. The molecule has 0 amide bonds. The van der Waals surface area contributed by atoms with Crippen LogP contribution >= 0.6 is 0 Å². The van der Waals surface area contributed by atoms with Gasteiger partial charge in [0.1, 0.15) is 5.69 Å². The highest BCUT2D eigenvalue weighted by atomic mass is 16.5. The number of nitrogens with zero attached hydrogens (tertiary/aromatic N) is 5. The van der Waals surface area contributed by atoms with Gasteiger partial charge in [0.2, 0.25) is 0 Å². The lowest BCUT2D eigenvalue weighted by Gasteiger charge is -2.14. The Morgan fingerprint density at radius 2 is 2.09 bits per heavy atom. The molecule has 1 aliphatic rings. The predicted molar refractivity (Wildman–Crippen MR) is 84.3 cm³/mol. The summed E-state index contributed by atoms with van der Waals surface area (Å²) in [5.41, 5.74) is 8.15. The molecule has 0 radical (unpaired) electrons. The second kappa shape index (κ2) is 5.94. The van der Waals surface area contributed by atoms with Crippen LogP contribution in [0.1, 0.15) is 11.8 Å². The molecule has 0 bridgehead atoms. The zero-order valence-corrected chi connectivity index (χ0v) is 12.6. The van der Waals surface area contributed by atoms with Crippen LogP contribution in [0.2, 0.25) is 0 Å². The molecule has 2 N–H and O–H groups in total. The number of hydrogen-bond acceptors (Lipinski definition) is 6. The Bertz CT molecular complexity index is 754. The molecule has 7 nitrogen and oxygen atoms in total. The van der Waals surface area contributed by atoms with E-state index in [-0.39, 0.29) is 12.1 Å². The first-order valence-corrected chi connectivity index (χ1v) is 7.64. The van der Waals surface area contributed by atoms with Gasteiger partial charge < -0.3 is 10.3 Å². The molecular weight excluding hydrogens is 292 g/mol. The lowest BCUT2D eigenvalue weighted by atomic mass is 10.1. The van der Waals surface area contributed by atoms with Crippen LogP contribution in [0.25, 0.3) is 11.3 Å². The average Bonchev–Trinajstić information content (AvgIpc) is 3.30. The van der Waals surface area contributed by atoms with Crippen LogP contribution in [0.3, 0.4) is 0 Å². The second-order valence-electron chi connectivity index (χ2n) is 5.85. The first kappa shape index (κ1) is 14.1. The molecular formula is C16H18N6O. The minimum atomic E-state index is 0.0354. The summed E-state index contributed by atoms with van der Waals surface area (Å²) in [5.74, 6) is 0.843. The van der Waals surface area contributed by atoms with Gasteiger partial charge in [0.15, 0.2) is 5.76 Å². The van der Waals surface area contributed by atoms with E-state index in [0.717, 1.165) is 30.1 Å². The molecule has 23 heavy (non-hydrogen) atoms. The van der Waals surface area contributed by atoms with Crippen molar-refractivity contribution in [2.75, 3.05) is 13.1 Å². The van der Waals surface area contributed by atoms with Crippen LogP contribution in [0.15, 0.2) is 53.3 Å². The Kier molecular flexibility index (Phi) is 3.64. The highest BCUT2D eigenvalue weighted by Crippen LogP contribution is 2.24. The summed E-state index contributed by atoms with van der Waals surface area (Å²) >= 11 is 0. The minimum absolute atomic E-state index is 0.0354. The van der Waals surface area contributed by atoms with Gasteiger partial charge in [-0.3, -0.25) is 4.90 Å². The SMILES string of the molecule is N[C@@H]1CN(Cc2cc(-c3ccccc3)no2)C[C@@H]1n1ccnn1. The summed E-state index contributed by atoms with van der Waals surface area (Å²) in [4.78, 5) is 2.26. The van der Waals surface area contributed by atoms with Crippen molar-refractivity contribution in [3.63, 3.8) is 0 Å². The molecule has 7 heteroatoms. The zero-order valence-electron chi connectivity index (χ0n) is 12.6. The van der Waals surface area contributed by atoms with Gasteiger partial charge in [-0.15, -0.1) is 5.10 Å². The molecule has 1 aliphatic heterocycles. The molecule has 0 unspecified atom stereocenters. The van der Waals surface area contributed by atoms with Crippen molar-refractivity contribution in [1.82, 2.24) is 25.1 Å². The molecule has 2 atom stereocenters. The molecule has 118 valence electrons. The molecule has 0 saturated carbocycles. The quantitative estimate of drug-likeness (QED) is 0.782. The highest BCUT2D eigenvalue weighted by Gasteiger charge is 2.32. The van der Waals surface area contributed by atoms with E-state index in [0.29, 0.717) is 6.54 Å². The first-order valence-electron chi connectivity index (χ1n) is 7.64. The summed E-state index contributed by atoms with van der Waals surface area (Å²) in [6, 6.07) is 12.2. The standard InChI is InChI=1S/C16H18N6O/c17-14-10-21(11-16(14)22-7-6-18-20-22)9-13-8-15(19-23-13)12-4-2-1-3-5-12/h1-8,14,16H,9-11,17H2/t14-,16+/m1/s1. The zero-order chi connectivity index (χ0) is 15.6. The molecule has 0 spiro atoms. The van der Waals surface area contributed by atoms with Crippen molar-refractivity contribution in [2.24, 2.45) is 5.73 Å². The maximum Gasteiger partial charge on any atom is 0.151 e. The molecule has 0 aliphatic carbocycles. The largest absolute Gasteiger partial charge is 0.359 e. The van der Waals surface area contributed by atoms with E-state index in [1.165, 1.54) is 0 Å². The number of aromatic nitrogens is 4. The average molecular weight is 310 g/mol. The summed E-state index contributed by atoms with van der Waals surface area (Å²) in [6.45, 7) is 2.32. The fourth-order valence-corrected chi connectivity index (χ4v) is 3.05. The fourth-order valence-electron chi connectivity index (χ4n) is 3.05. The van der Waals surface area contributed by atoms with Gasteiger partial charge >= 0.3 is 0 Å². The number of hydrogen-bond donors (Lipinski definition) is 1. The van der Waals surface area contributed by atoms with Gasteiger partial charge in [-0.2, -0.15) is 0 Å². The van der Waals surface area contributed by atoms with Gasteiger partial charge in [0.05, 0.1) is 18.8 Å². The van der Waals surface area contributed by atoms with Crippen LogP contribution in [-0.2, 0) is 6.54 Å². The molecule has 1 aromatic carbocycles. The van der Waals surface area contributed by atoms with Crippen LogP contribution in [0.5, 0.6) is 0 Å². The fraction of sp³-hybridized carbons (Fsp3) is 0.312. The summed E-state index contributed by atoms with van der Waals surface area (Å²) in [7, 11) is 0. The van der Waals surface area contributed by atoms with E-state index >= 15 is 0 Å². The van der Waals surface area contributed by atoms with Gasteiger partial charge in [-0.05, 0) is 0 Å². The van der Waals surface area contributed by atoms with Crippen molar-refractivity contribution >= 4 is 0 Å². The van der Waals surface area contributed by atoms with E-state index in [9.17, 15) is 0 Å². The maximum atomic E-state index is 6.23. The van der Waals surface area contributed by atoms with Crippen molar-refractivity contribution in [3.8, 4) is 11.3 Å². The number of rotatable bonds is 4. The van der Waals surface area contributed by atoms with Gasteiger partial charge in [0, 0.05) is 37.0 Å². The second-order valence-corrected chi connectivity index (χ2v) is 5.85. The van der Waals surface area contributed by atoms with Crippen LogP contribution in [-0.4, -0.2) is 44.2 Å². The normalized spacial score (nSPS) is 21.8. The third kappa shape index (κ3) is 2.88. The smallest absolute Gasteiger partial charge is 0.151 e. The van der Waals surface area contributed by atoms with E-state index in [1.54, 1.807) is 6.20 Å². The van der Waals surface area contributed by atoms with E-state index < -0.39 is 0 Å². The molecule has 4 rings (SSSR count). The summed E-state index contributed by atoms with van der Waals surface area (Å²) < 4.78 is 7.31. The van der Waals surface area contributed by atoms with E-state index in [1.807, 2.05) is 47.3 Å². The minimum Gasteiger partial charge on any atom is -0.359 e. The third-order valence-electron chi connectivity index (χ3n) is 4.20. The van der Waals surface area contributed by atoms with Crippen LogP contribution in [0, 0.1) is 0 Å². The van der Waals surface area contributed by atoms with Crippen LogP contribution < -0.4 is 5.73 Å². The van der Waals surface area contributed by atoms with Crippen molar-refractivity contribution in [3.05, 3.63) is 54.6 Å². The number of likely N-dealkylation sites (tertiary alicyclic amines) is 1. The summed E-state index contributed by atoms with van der Waals surface area (Å²) in [6.07, 6.45) is 3.54. The molecule has 3 aromatic rings. The Morgan fingerprint density at radius 1 is 1.22 bits per heavy atom.